The molecule has 1 amide bonds. The maximum absolute atomic E-state index is 12.5. The number of benzene rings is 2. The van der Waals surface area contributed by atoms with Gasteiger partial charge in [0, 0.05) is 17.2 Å². The molecule has 0 aliphatic rings. The Morgan fingerprint density at radius 3 is 2.07 bits per heavy atom. The Morgan fingerprint density at radius 1 is 0.929 bits per heavy atom. The number of anilines is 1. The van der Waals surface area contributed by atoms with Crippen molar-refractivity contribution in [2.24, 2.45) is 0 Å². The van der Waals surface area contributed by atoms with Crippen LogP contribution in [0.1, 0.15) is 10.4 Å². The number of rotatable bonds is 9. The van der Waals surface area contributed by atoms with Gasteiger partial charge in [0.15, 0.2) is 0 Å². The molecule has 0 spiro atoms. The number of ether oxygens (including phenoxy) is 1. The molecule has 0 radical (unpaired) electrons. The monoisotopic (exact) mass is 420 g/mol. The largest absolute Gasteiger partial charge is 0.478 e. The van der Waals surface area contributed by atoms with Crippen molar-refractivity contribution in [1.82, 2.24) is 5.32 Å². The summed E-state index contributed by atoms with van der Waals surface area (Å²) in [6, 6.07) is 12.9. The zero-order valence-corrected chi connectivity index (χ0v) is 16.5. The van der Waals surface area contributed by atoms with Crippen molar-refractivity contribution in [1.29, 1.82) is 0 Å². The molecular weight excluding hydrogens is 400 g/mol. The van der Waals surface area contributed by atoms with Crippen LogP contribution < -0.4 is 15.4 Å². The Labute approximate surface area is 173 Å². The van der Waals surface area contributed by atoms with Gasteiger partial charge in [-0.3, -0.25) is 4.79 Å². The van der Waals surface area contributed by atoms with Crippen LogP contribution >= 0.6 is 25.3 Å². The first kappa shape index (κ1) is 21.6. The summed E-state index contributed by atoms with van der Waals surface area (Å²) < 4.78 is 5.20. The van der Waals surface area contributed by atoms with E-state index in [1.54, 1.807) is 0 Å². The quantitative estimate of drug-likeness (QED) is 0.242. The summed E-state index contributed by atoms with van der Waals surface area (Å²) in [7, 11) is 0. The van der Waals surface area contributed by atoms with Gasteiger partial charge in [0.1, 0.15) is 17.8 Å². The van der Waals surface area contributed by atoms with E-state index in [1.165, 1.54) is 24.3 Å². The van der Waals surface area contributed by atoms with Crippen molar-refractivity contribution in [3.05, 3.63) is 60.2 Å². The van der Waals surface area contributed by atoms with Gasteiger partial charge in [-0.15, -0.1) is 0 Å². The maximum Gasteiger partial charge on any atom is 0.335 e. The van der Waals surface area contributed by atoms with Crippen molar-refractivity contribution >= 4 is 48.8 Å². The van der Waals surface area contributed by atoms with Crippen LogP contribution in [0.4, 0.5) is 5.69 Å². The van der Waals surface area contributed by atoms with Crippen LogP contribution in [0, 0.1) is 0 Å². The summed E-state index contributed by atoms with van der Waals surface area (Å²) in [6.45, 7) is 0. The molecule has 0 fully saturated rings. The fourth-order valence-electron chi connectivity index (χ4n) is 2.23. The summed E-state index contributed by atoms with van der Waals surface area (Å²) in [6.07, 6.45) is 0. The van der Waals surface area contributed by atoms with Gasteiger partial charge in [0.05, 0.1) is 5.56 Å². The lowest BCUT2D eigenvalue weighted by atomic mass is 10.2. The molecule has 2 rings (SSSR count). The van der Waals surface area contributed by atoms with Crippen LogP contribution in [-0.4, -0.2) is 46.5 Å². The standard InChI is InChI=1S/C19H20N2O5S2/c22-17(15(10-27)20-13-4-2-1-3-5-13)21-16(11-28)19(25)26-14-8-6-12(7-9-14)18(23)24/h1-9,15-16,20,27-28H,10-11H2,(H,21,22)(H,23,24). The summed E-state index contributed by atoms with van der Waals surface area (Å²) in [5, 5.41) is 14.5. The van der Waals surface area contributed by atoms with Crippen molar-refractivity contribution in [2.45, 2.75) is 12.1 Å². The summed E-state index contributed by atoms with van der Waals surface area (Å²) in [5.41, 5.74) is 0.822. The first-order valence-electron chi connectivity index (χ1n) is 8.33. The number of thiol groups is 2. The van der Waals surface area contributed by atoms with Gasteiger partial charge in [-0.25, -0.2) is 9.59 Å². The minimum Gasteiger partial charge on any atom is -0.478 e. The van der Waals surface area contributed by atoms with Crippen molar-refractivity contribution in [3.8, 4) is 5.75 Å². The summed E-state index contributed by atoms with van der Waals surface area (Å²) in [4.78, 5) is 35.7. The number of carboxylic acids is 1. The predicted molar refractivity (Wildman–Crippen MR) is 113 cm³/mol. The topological polar surface area (TPSA) is 105 Å². The summed E-state index contributed by atoms with van der Waals surface area (Å²) in [5.74, 6) is -1.79. The van der Waals surface area contributed by atoms with Gasteiger partial charge in [0.2, 0.25) is 5.91 Å². The molecule has 0 saturated heterocycles. The lowest BCUT2D eigenvalue weighted by Crippen LogP contribution is -2.50. The fourth-order valence-corrected chi connectivity index (χ4v) is 2.73. The zero-order chi connectivity index (χ0) is 20.5. The predicted octanol–water partition coefficient (Wildman–Crippen LogP) is 2.12. The molecule has 0 aliphatic heterocycles. The molecule has 0 bridgehead atoms. The van der Waals surface area contributed by atoms with E-state index in [9.17, 15) is 14.4 Å². The highest BCUT2D eigenvalue weighted by Crippen LogP contribution is 2.14. The van der Waals surface area contributed by atoms with E-state index in [2.05, 4.69) is 35.9 Å². The lowest BCUT2D eigenvalue weighted by Gasteiger charge is -2.21. The van der Waals surface area contributed by atoms with Gasteiger partial charge in [-0.05, 0) is 36.4 Å². The SMILES string of the molecule is O=C(O)c1ccc(OC(=O)C(CS)NC(=O)C(CS)Nc2ccccc2)cc1. The second kappa shape index (κ2) is 10.6. The van der Waals surface area contributed by atoms with Crippen LogP contribution in [0.3, 0.4) is 0 Å². The van der Waals surface area contributed by atoms with E-state index >= 15 is 0 Å². The number of esters is 1. The van der Waals surface area contributed by atoms with Crippen molar-refractivity contribution in [2.75, 3.05) is 16.8 Å². The number of para-hydroxylation sites is 1. The number of hydrogen-bond donors (Lipinski definition) is 5. The maximum atomic E-state index is 12.5. The minimum absolute atomic E-state index is 0.0302. The van der Waals surface area contributed by atoms with E-state index in [0.29, 0.717) is 0 Å². The van der Waals surface area contributed by atoms with Crippen LogP contribution in [0.5, 0.6) is 5.75 Å². The Balaban J connectivity index is 1.97. The number of amides is 1. The molecule has 2 unspecified atom stereocenters. The number of aromatic carboxylic acids is 1. The first-order chi connectivity index (χ1) is 13.4. The Morgan fingerprint density at radius 2 is 1.54 bits per heavy atom. The highest BCUT2D eigenvalue weighted by molar-refractivity contribution is 7.80. The van der Waals surface area contributed by atoms with Gasteiger partial charge in [-0.1, -0.05) is 18.2 Å². The zero-order valence-electron chi connectivity index (χ0n) is 14.7. The Kier molecular flexibility index (Phi) is 8.21. The fraction of sp³-hybridized carbons (Fsp3) is 0.211. The van der Waals surface area contributed by atoms with Gasteiger partial charge in [-0.2, -0.15) is 25.3 Å². The lowest BCUT2D eigenvalue weighted by molar-refractivity contribution is -0.138. The highest BCUT2D eigenvalue weighted by atomic mass is 32.1. The Bertz CT molecular complexity index is 815. The van der Waals surface area contributed by atoms with E-state index < -0.39 is 29.9 Å². The van der Waals surface area contributed by atoms with E-state index in [1.807, 2.05) is 30.3 Å². The van der Waals surface area contributed by atoms with Gasteiger partial charge in [0.25, 0.3) is 0 Å². The van der Waals surface area contributed by atoms with E-state index in [-0.39, 0.29) is 22.8 Å². The first-order valence-corrected chi connectivity index (χ1v) is 9.59. The number of carbonyl (C=O) groups excluding carboxylic acids is 2. The number of carboxylic acid groups (broad SMARTS) is 1. The molecule has 28 heavy (non-hydrogen) atoms. The number of carbonyl (C=O) groups is 3. The van der Waals surface area contributed by atoms with Crippen LogP contribution in [0.25, 0.3) is 0 Å². The molecule has 0 saturated carbocycles. The second-order valence-corrected chi connectivity index (χ2v) is 6.47. The molecular formula is C19H20N2O5S2. The van der Waals surface area contributed by atoms with Crippen LogP contribution in [0.2, 0.25) is 0 Å². The molecule has 2 aromatic carbocycles. The molecule has 7 nitrogen and oxygen atoms in total. The number of nitrogens with one attached hydrogen (secondary N) is 2. The average Bonchev–Trinajstić information content (AvgIpc) is 2.71. The third-order valence-corrected chi connectivity index (χ3v) is 4.45. The van der Waals surface area contributed by atoms with Gasteiger partial charge >= 0.3 is 11.9 Å². The molecule has 3 N–H and O–H groups in total. The van der Waals surface area contributed by atoms with Crippen molar-refractivity contribution in [3.63, 3.8) is 0 Å². The highest BCUT2D eigenvalue weighted by Gasteiger charge is 2.25. The molecule has 0 aliphatic carbocycles. The average molecular weight is 421 g/mol. The minimum atomic E-state index is -1.08. The van der Waals surface area contributed by atoms with Gasteiger partial charge < -0.3 is 20.5 Å². The molecule has 2 aromatic rings. The van der Waals surface area contributed by atoms with Crippen LogP contribution in [-0.2, 0) is 9.59 Å². The van der Waals surface area contributed by atoms with Crippen LogP contribution in [0.15, 0.2) is 54.6 Å². The normalized spacial score (nSPS) is 12.5. The number of hydrogen-bond acceptors (Lipinski definition) is 7. The molecule has 0 heterocycles. The van der Waals surface area contributed by atoms with E-state index in [4.69, 9.17) is 9.84 Å². The molecule has 9 heteroatoms. The smallest absolute Gasteiger partial charge is 0.335 e. The van der Waals surface area contributed by atoms with E-state index in [0.717, 1.165) is 5.69 Å². The van der Waals surface area contributed by atoms with Crippen molar-refractivity contribution < 1.29 is 24.2 Å². The summed E-state index contributed by atoms with van der Waals surface area (Å²) >= 11 is 8.29. The molecule has 0 aromatic heterocycles. The third-order valence-electron chi connectivity index (χ3n) is 3.72. The molecule has 148 valence electrons. The Hall–Kier alpha value is -2.65. The third kappa shape index (κ3) is 6.21. The second-order valence-electron chi connectivity index (χ2n) is 5.74. The molecule has 2 atom stereocenters.